The quantitative estimate of drug-likeness (QED) is 0.758. The number of halogens is 1. The van der Waals surface area contributed by atoms with Gasteiger partial charge in [0.1, 0.15) is 11.5 Å². The summed E-state index contributed by atoms with van der Waals surface area (Å²) in [7, 11) is 0. The number of hydrogen-bond donors (Lipinski definition) is 0. The van der Waals surface area contributed by atoms with Gasteiger partial charge in [0.15, 0.2) is 0 Å². The van der Waals surface area contributed by atoms with Gasteiger partial charge in [-0.3, -0.25) is 0 Å². The first-order valence-electron chi connectivity index (χ1n) is 5.98. The Kier molecular flexibility index (Phi) is 4.09. The summed E-state index contributed by atoms with van der Waals surface area (Å²) in [6.45, 7) is 3.94. The topological polar surface area (TPSA) is 33.0 Å². The zero-order valence-corrected chi connectivity index (χ0v) is 11.7. The molecule has 2 aromatic rings. The van der Waals surface area contributed by atoms with Crippen LogP contribution >= 0.6 is 11.6 Å². The lowest BCUT2D eigenvalue weighted by molar-refractivity contribution is 0.475. The van der Waals surface area contributed by atoms with Gasteiger partial charge in [-0.1, -0.05) is 18.2 Å². The fraction of sp³-hybridized carbons (Fsp3) is 0.188. The largest absolute Gasteiger partial charge is 0.457 e. The van der Waals surface area contributed by atoms with Crippen molar-refractivity contribution in [2.45, 2.75) is 19.7 Å². The van der Waals surface area contributed by atoms with Crippen LogP contribution in [0.5, 0.6) is 11.5 Å². The third-order valence-corrected chi connectivity index (χ3v) is 3.24. The highest BCUT2D eigenvalue weighted by Crippen LogP contribution is 2.29. The predicted octanol–water partition coefficient (Wildman–Crippen LogP) is 4.71. The summed E-state index contributed by atoms with van der Waals surface area (Å²) < 4.78 is 5.89. The standard InChI is InChI=1S/C16H14ClNO/c1-11-3-4-14(10-18)8-16(11)19-15-6-5-13(9-17)7-12(15)2/h3-8H,9H2,1-2H3. The first kappa shape index (κ1) is 13.5. The molecule has 0 aliphatic rings. The Morgan fingerprint density at radius 1 is 1.05 bits per heavy atom. The van der Waals surface area contributed by atoms with Crippen molar-refractivity contribution in [1.29, 1.82) is 5.26 Å². The van der Waals surface area contributed by atoms with Crippen LogP contribution in [0.1, 0.15) is 22.3 Å². The Bertz CT molecular complexity index is 644. The Labute approximate surface area is 118 Å². The van der Waals surface area contributed by atoms with E-state index in [-0.39, 0.29) is 0 Å². The van der Waals surface area contributed by atoms with Crippen LogP contribution in [-0.2, 0) is 5.88 Å². The second-order valence-corrected chi connectivity index (χ2v) is 4.69. The van der Waals surface area contributed by atoms with Gasteiger partial charge in [-0.25, -0.2) is 0 Å². The zero-order valence-electron chi connectivity index (χ0n) is 10.9. The molecule has 3 heteroatoms. The van der Waals surface area contributed by atoms with Crippen molar-refractivity contribution in [3.63, 3.8) is 0 Å². The molecule has 0 saturated heterocycles. The molecule has 0 aliphatic heterocycles. The number of nitrogens with zero attached hydrogens (tertiary/aromatic N) is 1. The van der Waals surface area contributed by atoms with E-state index in [1.165, 1.54) is 0 Å². The molecule has 0 heterocycles. The monoisotopic (exact) mass is 271 g/mol. The third kappa shape index (κ3) is 3.07. The minimum absolute atomic E-state index is 0.490. The van der Waals surface area contributed by atoms with Gasteiger partial charge in [0.05, 0.1) is 11.6 Å². The number of ether oxygens (including phenoxy) is 1. The Morgan fingerprint density at radius 2 is 1.84 bits per heavy atom. The van der Waals surface area contributed by atoms with Crippen LogP contribution < -0.4 is 4.74 Å². The molecule has 0 N–H and O–H groups in total. The molecular formula is C16H14ClNO. The fourth-order valence-electron chi connectivity index (χ4n) is 1.81. The zero-order chi connectivity index (χ0) is 13.8. The number of nitriles is 1. The minimum Gasteiger partial charge on any atom is -0.457 e. The lowest BCUT2D eigenvalue weighted by atomic mass is 10.1. The summed E-state index contributed by atoms with van der Waals surface area (Å²) in [5, 5.41) is 8.92. The molecular weight excluding hydrogens is 258 g/mol. The van der Waals surface area contributed by atoms with Crippen molar-refractivity contribution in [3.8, 4) is 17.6 Å². The number of aryl methyl sites for hydroxylation is 2. The first-order valence-corrected chi connectivity index (χ1v) is 6.51. The van der Waals surface area contributed by atoms with Crippen LogP contribution in [0, 0.1) is 25.2 Å². The van der Waals surface area contributed by atoms with E-state index in [1.807, 2.05) is 38.1 Å². The highest BCUT2D eigenvalue weighted by Gasteiger charge is 2.06. The van der Waals surface area contributed by atoms with Crippen molar-refractivity contribution >= 4 is 11.6 Å². The molecule has 0 unspecified atom stereocenters. The summed E-state index contributed by atoms with van der Waals surface area (Å²) in [6, 6.07) is 13.4. The van der Waals surface area contributed by atoms with Crippen LogP contribution in [0.25, 0.3) is 0 Å². The normalized spacial score (nSPS) is 10.0. The Balaban J connectivity index is 2.33. The smallest absolute Gasteiger partial charge is 0.131 e. The molecule has 19 heavy (non-hydrogen) atoms. The Hall–Kier alpha value is -1.98. The predicted molar refractivity (Wildman–Crippen MR) is 76.7 cm³/mol. The van der Waals surface area contributed by atoms with Gasteiger partial charge in [0.25, 0.3) is 0 Å². The molecule has 0 amide bonds. The van der Waals surface area contributed by atoms with Gasteiger partial charge < -0.3 is 4.74 Å². The average Bonchev–Trinajstić information content (AvgIpc) is 2.43. The summed E-state index contributed by atoms with van der Waals surface area (Å²) in [5.41, 5.74) is 3.68. The molecule has 0 aliphatic carbocycles. The van der Waals surface area contributed by atoms with Crippen molar-refractivity contribution in [3.05, 3.63) is 58.7 Å². The molecule has 0 bridgehead atoms. The van der Waals surface area contributed by atoms with Crippen LogP contribution in [0.15, 0.2) is 36.4 Å². The minimum atomic E-state index is 0.490. The summed E-state index contributed by atoms with van der Waals surface area (Å²) in [6.07, 6.45) is 0. The maximum atomic E-state index is 8.92. The van der Waals surface area contributed by atoms with Gasteiger partial charge in [-0.2, -0.15) is 5.26 Å². The van der Waals surface area contributed by atoms with Gasteiger partial charge in [0, 0.05) is 5.88 Å². The van der Waals surface area contributed by atoms with Gasteiger partial charge in [-0.15, -0.1) is 11.6 Å². The maximum absolute atomic E-state index is 8.92. The van der Waals surface area contributed by atoms with Crippen molar-refractivity contribution in [2.75, 3.05) is 0 Å². The molecule has 2 aromatic carbocycles. The number of alkyl halides is 1. The SMILES string of the molecule is Cc1cc(CCl)ccc1Oc1cc(C#N)ccc1C. The highest BCUT2D eigenvalue weighted by molar-refractivity contribution is 6.17. The van der Waals surface area contributed by atoms with E-state index in [0.29, 0.717) is 17.2 Å². The van der Waals surface area contributed by atoms with E-state index in [2.05, 4.69) is 6.07 Å². The first-order chi connectivity index (χ1) is 9.13. The molecule has 2 nitrogen and oxygen atoms in total. The van der Waals surface area contributed by atoms with Crippen LogP contribution in [-0.4, -0.2) is 0 Å². The second kappa shape index (κ2) is 5.77. The van der Waals surface area contributed by atoms with Crippen molar-refractivity contribution < 1.29 is 4.74 Å². The van der Waals surface area contributed by atoms with Crippen LogP contribution in [0.2, 0.25) is 0 Å². The Morgan fingerprint density at radius 3 is 2.47 bits per heavy atom. The highest BCUT2D eigenvalue weighted by atomic mass is 35.5. The van der Waals surface area contributed by atoms with Crippen LogP contribution in [0.3, 0.4) is 0 Å². The molecule has 0 radical (unpaired) electrons. The van der Waals surface area contributed by atoms with E-state index in [4.69, 9.17) is 21.6 Å². The second-order valence-electron chi connectivity index (χ2n) is 4.43. The summed E-state index contributed by atoms with van der Waals surface area (Å²) in [5.74, 6) is 1.98. The lowest BCUT2D eigenvalue weighted by Crippen LogP contribution is -1.92. The number of benzene rings is 2. The van der Waals surface area contributed by atoms with E-state index in [1.54, 1.807) is 12.1 Å². The molecule has 0 atom stereocenters. The van der Waals surface area contributed by atoms with Crippen molar-refractivity contribution in [1.82, 2.24) is 0 Å². The molecule has 96 valence electrons. The van der Waals surface area contributed by atoms with E-state index in [0.717, 1.165) is 22.4 Å². The molecule has 2 rings (SSSR count). The van der Waals surface area contributed by atoms with Crippen LogP contribution in [0.4, 0.5) is 0 Å². The molecule has 0 fully saturated rings. The number of hydrogen-bond acceptors (Lipinski definition) is 2. The van der Waals surface area contributed by atoms with Gasteiger partial charge in [0.2, 0.25) is 0 Å². The molecule has 0 saturated carbocycles. The van der Waals surface area contributed by atoms with Gasteiger partial charge >= 0.3 is 0 Å². The summed E-state index contributed by atoms with van der Waals surface area (Å²) >= 11 is 5.80. The maximum Gasteiger partial charge on any atom is 0.131 e. The summed E-state index contributed by atoms with van der Waals surface area (Å²) in [4.78, 5) is 0. The third-order valence-electron chi connectivity index (χ3n) is 2.93. The van der Waals surface area contributed by atoms with E-state index < -0.39 is 0 Å². The lowest BCUT2D eigenvalue weighted by Gasteiger charge is -2.12. The van der Waals surface area contributed by atoms with Gasteiger partial charge in [-0.05, 0) is 48.7 Å². The van der Waals surface area contributed by atoms with Crippen molar-refractivity contribution in [2.24, 2.45) is 0 Å². The molecule has 0 spiro atoms. The van der Waals surface area contributed by atoms with E-state index >= 15 is 0 Å². The molecule has 0 aromatic heterocycles. The van der Waals surface area contributed by atoms with E-state index in [9.17, 15) is 0 Å². The average molecular weight is 272 g/mol. The fourth-order valence-corrected chi connectivity index (χ4v) is 1.97. The number of rotatable bonds is 3.